The molecule has 6 nitrogen and oxygen atoms in total. The lowest BCUT2D eigenvalue weighted by molar-refractivity contribution is -0.385. The van der Waals surface area contributed by atoms with Gasteiger partial charge in [-0.2, -0.15) is 0 Å². The van der Waals surface area contributed by atoms with Crippen molar-refractivity contribution < 1.29 is 14.6 Å². The maximum atomic E-state index is 11.7. The molecule has 0 spiro atoms. The fourth-order valence-corrected chi connectivity index (χ4v) is 1.86. The average molecular weight is 243 g/mol. The zero-order valence-corrected chi connectivity index (χ0v) is 9.02. The second kappa shape index (κ2) is 3.73. The highest BCUT2D eigenvalue weighted by Gasteiger charge is 2.36. The molecule has 0 bridgehead atoms. The van der Waals surface area contributed by atoms with Gasteiger partial charge < -0.3 is 0 Å². The van der Waals surface area contributed by atoms with Crippen molar-refractivity contribution in [3.63, 3.8) is 0 Å². The molecule has 1 aliphatic rings. The topological polar surface area (TPSA) is 72.7 Å². The Morgan fingerprint density at radius 2 is 2.25 bits per heavy atom. The lowest BCUT2D eigenvalue weighted by Crippen LogP contribution is -2.22. The van der Waals surface area contributed by atoms with Gasteiger partial charge >= 0.3 is 0 Å². The summed E-state index contributed by atoms with van der Waals surface area (Å²) in [5.74, 6) is -0.535. The molecule has 2 rings (SSSR count). The number of hydroxylamine groups is 2. The van der Waals surface area contributed by atoms with Crippen LogP contribution in [0.25, 0.3) is 0 Å². The minimum absolute atomic E-state index is 0.0133. The molecule has 1 heterocycles. The molecule has 0 fully saturated rings. The van der Waals surface area contributed by atoms with Gasteiger partial charge in [-0.15, -0.1) is 0 Å². The van der Waals surface area contributed by atoms with Gasteiger partial charge in [0.1, 0.15) is 5.56 Å². The predicted octanol–water partition coefficient (Wildman–Crippen LogP) is 1.77. The van der Waals surface area contributed by atoms with Gasteiger partial charge in [-0.05, 0) is 6.07 Å². The summed E-state index contributed by atoms with van der Waals surface area (Å²) in [6.07, 6.45) is 0. The van der Waals surface area contributed by atoms with Gasteiger partial charge in [0.2, 0.25) is 0 Å². The standard InChI is InChI=1S/C9H7ClN2O4/c1-16-11-4-5-6(10)2-3-7(12(14)15)8(5)9(11)13/h2-3H,4H2,1H3. The number of carbonyl (C=O) groups is 1. The van der Waals surface area contributed by atoms with Gasteiger partial charge in [0.25, 0.3) is 11.6 Å². The van der Waals surface area contributed by atoms with Crippen molar-refractivity contribution >= 4 is 23.2 Å². The second-order valence-corrected chi connectivity index (χ2v) is 3.61. The van der Waals surface area contributed by atoms with Crippen molar-refractivity contribution in [1.29, 1.82) is 0 Å². The van der Waals surface area contributed by atoms with Gasteiger partial charge in [-0.3, -0.25) is 19.7 Å². The highest BCUT2D eigenvalue weighted by molar-refractivity contribution is 6.32. The summed E-state index contributed by atoms with van der Waals surface area (Å²) in [7, 11) is 1.32. The van der Waals surface area contributed by atoms with Crippen molar-refractivity contribution in [2.75, 3.05) is 7.11 Å². The average Bonchev–Trinajstić information content (AvgIpc) is 2.57. The minimum atomic E-state index is -0.605. The van der Waals surface area contributed by atoms with E-state index >= 15 is 0 Å². The molecule has 0 aliphatic carbocycles. The van der Waals surface area contributed by atoms with Crippen molar-refractivity contribution in [2.24, 2.45) is 0 Å². The number of nitro benzene ring substituents is 1. The number of amides is 1. The molecule has 0 aromatic heterocycles. The van der Waals surface area contributed by atoms with Gasteiger partial charge in [-0.1, -0.05) is 11.6 Å². The number of benzene rings is 1. The summed E-state index contributed by atoms with van der Waals surface area (Å²) in [6, 6.07) is 2.63. The van der Waals surface area contributed by atoms with Crippen LogP contribution >= 0.6 is 11.6 Å². The Hall–Kier alpha value is -1.66. The number of rotatable bonds is 2. The number of hydrogen-bond acceptors (Lipinski definition) is 4. The molecule has 16 heavy (non-hydrogen) atoms. The fourth-order valence-electron chi connectivity index (χ4n) is 1.64. The molecule has 0 radical (unpaired) electrons. The first-order valence-electron chi connectivity index (χ1n) is 4.38. The summed E-state index contributed by atoms with van der Waals surface area (Å²) >= 11 is 5.88. The third-order valence-electron chi connectivity index (χ3n) is 2.39. The monoisotopic (exact) mass is 242 g/mol. The SMILES string of the molecule is CON1Cc2c(Cl)ccc([N+](=O)[O-])c2C1=O. The quantitative estimate of drug-likeness (QED) is 0.585. The van der Waals surface area contributed by atoms with E-state index in [1.54, 1.807) is 0 Å². The molecular weight excluding hydrogens is 236 g/mol. The Bertz CT molecular complexity index is 489. The summed E-state index contributed by atoms with van der Waals surface area (Å²) in [6.45, 7) is 0.130. The van der Waals surface area contributed by atoms with Gasteiger partial charge in [0.05, 0.1) is 18.6 Å². The minimum Gasteiger partial charge on any atom is -0.274 e. The number of fused-ring (bicyclic) bond motifs is 1. The van der Waals surface area contributed by atoms with E-state index in [4.69, 9.17) is 16.4 Å². The number of hydrogen-bond donors (Lipinski definition) is 0. The zero-order valence-electron chi connectivity index (χ0n) is 8.27. The first-order chi connectivity index (χ1) is 7.56. The van der Waals surface area contributed by atoms with Gasteiger partial charge in [0.15, 0.2) is 0 Å². The molecule has 0 atom stereocenters. The van der Waals surface area contributed by atoms with Crippen LogP contribution in [0.15, 0.2) is 12.1 Å². The zero-order chi connectivity index (χ0) is 11.9. The fraction of sp³-hybridized carbons (Fsp3) is 0.222. The Kier molecular flexibility index (Phi) is 2.53. The van der Waals surface area contributed by atoms with Crippen LogP contribution in [0.3, 0.4) is 0 Å². The maximum absolute atomic E-state index is 11.7. The molecule has 0 unspecified atom stereocenters. The predicted molar refractivity (Wildman–Crippen MR) is 55.0 cm³/mol. The van der Waals surface area contributed by atoms with Crippen LogP contribution in [0.4, 0.5) is 5.69 Å². The van der Waals surface area contributed by atoms with E-state index in [0.717, 1.165) is 5.06 Å². The van der Waals surface area contributed by atoms with Crippen molar-refractivity contribution in [2.45, 2.75) is 6.54 Å². The molecular formula is C9H7ClN2O4. The number of carbonyl (C=O) groups excluding carboxylic acids is 1. The number of nitrogens with zero attached hydrogens (tertiary/aromatic N) is 2. The van der Waals surface area contributed by atoms with Crippen LogP contribution in [-0.4, -0.2) is 23.0 Å². The Morgan fingerprint density at radius 3 is 2.81 bits per heavy atom. The van der Waals surface area contributed by atoms with E-state index in [2.05, 4.69) is 0 Å². The summed E-state index contributed by atoms with van der Waals surface area (Å²) < 4.78 is 0. The molecule has 84 valence electrons. The van der Waals surface area contributed by atoms with Crippen molar-refractivity contribution in [1.82, 2.24) is 5.06 Å². The highest BCUT2D eigenvalue weighted by Crippen LogP contribution is 2.35. The highest BCUT2D eigenvalue weighted by atomic mass is 35.5. The second-order valence-electron chi connectivity index (χ2n) is 3.20. The lowest BCUT2D eigenvalue weighted by atomic mass is 10.1. The normalized spacial score (nSPS) is 14.1. The van der Waals surface area contributed by atoms with E-state index in [-0.39, 0.29) is 17.8 Å². The maximum Gasteiger partial charge on any atom is 0.285 e. The molecule has 7 heteroatoms. The third-order valence-corrected chi connectivity index (χ3v) is 2.75. The van der Waals surface area contributed by atoms with E-state index in [9.17, 15) is 14.9 Å². The van der Waals surface area contributed by atoms with E-state index in [1.165, 1.54) is 19.2 Å². The summed E-state index contributed by atoms with van der Waals surface area (Å²) in [5, 5.41) is 12.1. The Balaban J connectivity index is 2.63. The number of halogens is 1. The lowest BCUT2D eigenvalue weighted by Gasteiger charge is -2.10. The van der Waals surface area contributed by atoms with Gasteiger partial charge in [0, 0.05) is 16.7 Å². The van der Waals surface area contributed by atoms with Crippen LogP contribution < -0.4 is 0 Å². The van der Waals surface area contributed by atoms with E-state index in [0.29, 0.717) is 10.6 Å². The Morgan fingerprint density at radius 1 is 1.56 bits per heavy atom. The molecule has 1 amide bonds. The Labute approximate surface area is 95.5 Å². The largest absolute Gasteiger partial charge is 0.285 e. The van der Waals surface area contributed by atoms with Crippen LogP contribution in [0.1, 0.15) is 15.9 Å². The molecule has 0 saturated heterocycles. The first kappa shape index (κ1) is 10.8. The van der Waals surface area contributed by atoms with E-state index in [1.807, 2.05) is 0 Å². The van der Waals surface area contributed by atoms with Crippen LogP contribution in [0.2, 0.25) is 5.02 Å². The molecule has 1 aliphatic heterocycles. The molecule has 1 aromatic rings. The van der Waals surface area contributed by atoms with E-state index < -0.39 is 10.8 Å². The van der Waals surface area contributed by atoms with Crippen LogP contribution in [-0.2, 0) is 11.4 Å². The van der Waals surface area contributed by atoms with Crippen molar-refractivity contribution in [3.05, 3.63) is 38.4 Å². The van der Waals surface area contributed by atoms with Crippen LogP contribution in [0, 0.1) is 10.1 Å². The summed E-state index contributed by atoms with van der Waals surface area (Å²) in [4.78, 5) is 26.7. The first-order valence-corrected chi connectivity index (χ1v) is 4.75. The smallest absolute Gasteiger partial charge is 0.274 e. The molecule has 0 saturated carbocycles. The van der Waals surface area contributed by atoms with Crippen molar-refractivity contribution in [3.8, 4) is 0 Å². The summed E-state index contributed by atoms with van der Waals surface area (Å²) in [5.41, 5.74) is 0.200. The van der Waals surface area contributed by atoms with Gasteiger partial charge in [-0.25, -0.2) is 5.06 Å². The van der Waals surface area contributed by atoms with Crippen LogP contribution in [0.5, 0.6) is 0 Å². The molecule has 0 N–H and O–H groups in total. The number of nitro groups is 1. The molecule has 1 aromatic carbocycles. The third kappa shape index (κ3) is 1.43.